The quantitative estimate of drug-likeness (QED) is 0.431. The Hall–Kier alpha value is -2.19. The lowest BCUT2D eigenvalue weighted by Crippen LogP contribution is -2.61. The van der Waals surface area contributed by atoms with Crippen LogP contribution >= 0.6 is 0 Å². The molecule has 2 saturated heterocycles. The van der Waals surface area contributed by atoms with Gasteiger partial charge in [-0.2, -0.15) is 0 Å². The Morgan fingerprint density at radius 1 is 1.11 bits per heavy atom. The fourth-order valence-electron chi connectivity index (χ4n) is 7.20. The van der Waals surface area contributed by atoms with Crippen LogP contribution in [0.15, 0.2) is 24.3 Å². The largest absolute Gasteiger partial charge is 0.465 e. The number of hydrogen-bond acceptors (Lipinski definition) is 6. The fraction of sp³-hybridized carbons (Fsp3) is 0.759. The number of aliphatic hydroxyl groups excluding tert-OH is 1. The van der Waals surface area contributed by atoms with Crippen molar-refractivity contribution in [2.75, 3.05) is 19.8 Å². The average molecular weight is 517 g/mol. The number of amides is 2. The summed E-state index contributed by atoms with van der Waals surface area (Å²) in [5.41, 5.74) is -1.83. The summed E-state index contributed by atoms with van der Waals surface area (Å²) in [5, 5.41) is 10.4. The zero-order chi connectivity index (χ0) is 27.3. The molecule has 1 unspecified atom stereocenters. The van der Waals surface area contributed by atoms with Gasteiger partial charge in [-0.15, -0.1) is 0 Å². The summed E-state index contributed by atoms with van der Waals surface area (Å²) in [6.07, 6.45) is 8.72. The summed E-state index contributed by atoms with van der Waals surface area (Å²) < 4.78 is 12.1. The predicted molar refractivity (Wildman–Crippen MR) is 139 cm³/mol. The standard InChI is InChI=1S/C29H44N2O6/c1-18(2)15-19(16-32)31-23-25(34)30(28(6,7)17-27(3,4)5)13-10-12-29(23)22(24(31)33)21-20(37-29)11-8-9-14-36-26(21)35/h8,10-12,18-23,32H,9,13-17H2,1-7H3/t19-,20-,21+,22+,23?,29+/m1/s1. The lowest BCUT2D eigenvalue weighted by molar-refractivity contribution is -0.158. The number of rotatable bonds is 6. The Bertz CT molecular complexity index is 979. The molecule has 4 heterocycles. The van der Waals surface area contributed by atoms with Gasteiger partial charge in [0.05, 0.1) is 31.3 Å². The first kappa shape index (κ1) is 27.8. The van der Waals surface area contributed by atoms with Crippen LogP contribution in [-0.2, 0) is 23.9 Å². The van der Waals surface area contributed by atoms with Crippen molar-refractivity contribution in [3.8, 4) is 0 Å². The molecule has 0 bridgehead atoms. The Kier molecular flexibility index (Phi) is 7.40. The predicted octanol–water partition coefficient (Wildman–Crippen LogP) is 3.09. The fourth-order valence-corrected chi connectivity index (χ4v) is 7.20. The molecule has 0 radical (unpaired) electrons. The van der Waals surface area contributed by atoms with Crippen molar-refractivity contribution in [3.63, 3.8) is 0 Å². The molecule has 37 heavy (non-hydrogen) atoms. The number of esters is 1. The molecular weight excluding hydrogens is 472 g/mol. The van der Waals surface area contributed by atoms with Gasteiger partial charge in [0.2, 0.25) is 11.8 Å². The minimum Gasteiger partial charge on any atom is -0.465 e. The second-order valence-corrected chi connectivity index (χ2v) is 13.3. The van der Waals surface area contributed by atoms with Crippen molar-refractivity contribution in [1.82, 2.24) is 9.80 Å². The van der Waals surface area contributed by atoms with Gasteiger partial charge in [-0.05, 0) is 44.4 Å². The molecule has 1 spiro atoms. The van der Waals surface area contributed by atoms with Gasteiger partial charge in [0, 0.05) is 12.1 Å². The van der Waals surface area contributed by atoms with E-state index < -0.39 is 47.1 Å². The molecule has 8 nitrogen and oxygen atoms in total. The number of aliphatic hydroxyl groups is 1. The van der Waals surface area contributed by atoms with E-state index in [1.807, 2.05) is 43.1 Å². The molecule has 0 saturated carbocycles. The van der Waals surface area contributed by atoms with Crippen molar-refractivity contribution in [2.45, 2.75) is 97.1 Å². The van der Waals surface area contributed by atoms with E-state index in [-0.39, 0.29) is 36.4 Å². The smallest absolute Gasteiger partial charge is 0.312 e. The highest BCUT2D eigenvalue weighted by atomic mass is 16.6. The lowest BCUT2D eigenvalue weighted by atomic mass is 9.77. The summed E-state index contributed by atoms with van der Waals surface area (Å²) in [4.78, 5) is 45.4. The summed E-state index contributed by atoms with van der Waals surface area (Å²) in [6, 6.07) is -1.54. The highest BCUT2D eigenvalue weighted by Crippen LogP contribution is 2.54. The van der Waals surface area contributed by atoms with E-state index in [9.17, 15) is 19.5 Å². The monoisotopic (exact) mass is 516 g/mol. The molecule has 0 aromatic heterocycles. The molecule has 4 aliphatic rings. The van der Waals surface area contributed by atoms with Crippen molar-refractivity contribution in [1.29, 1.82) is 0 Å². The zero-order valence-electron chi connectivity index (χ0n) is 23.4. The molecule has 8 heteroatoms. The van der Waals surface area contributed by atoms with Crippen LogP contribution < -0.4 is 0 Å². The van der Waals surface area contributed by atoms with Gasteiger partial charge in [-0.25, -0.2) is 0 Å². The number of carbonyl (C=O) groups excluding carboxylic acids is 3. The van der Waals surface area contributed by atoms with Crippen LogP contribution in [0.4, 0.5) is 0 Å². The third kappa shape index (κ3) is 4.87. The van der Waals surface area contributed by atoms with Crippen molar-refractivity contribution < 1.29 is 29.0 Å². The van der Waals surface area contributed by atoms with E-state index in [1.165, 1.54) is 0 Å². The number of ether oxygens (including phenoxy) is 2. The first-order valence-electron chi connectivity index (χ1n) is 13.7. The van der Waals surface area contributed by atoms with Crippen molar-refractivity contribution in [2.24, 2.45) is 23.2 Å². The van der Waals surface area contributed by atoms with E-state index in [4.69, 9.17) is 9.47 Å². The number of likely N-dealkylation sites (tertiary alicyclic amines) is 1. The second-order valence-electron chi connectivity index (χ2n) is 13.3. The van der Waals surface area contributed by atoms with Crippen molar-refractivity contribution in [3.05, 3.63) is 24.3 Å². The van der Waals surface area contributed by atoms with E-state index in [2.05, 4.69) is 34.6 Å². The molecule has 4 aliphatic heterocycles. The summed E-state index contributed by atoms with van der Waals surface area (Å²) in [6.45, 7) is 15.0. The van der Waals surface area contributed by atoms with E-state index >= 15 is 0 Å². The molecule has 0 aromatic rings. The maximum atomic E-state index is 14.6. The van der Waals surface area contributed by atoms with Crippen LogP contribution in [0.25, 0.3) is 0 Å². The van der Waals surface area contributed by atoms with Crippen LogP contribution in [-0.4, -0.2) is 81.8 Å². The van der Waals surface area contributed by atoms with E-state index in [0.717, 1.165) is 6.42 Å². The molecule has 6 atom stereocenters. The number of hydrogen-bond donors (Lipinski definition) is 1. The summed E-state index contributed by atoms with van der Waals surface area (Å²) in [5.74, 6) is -2.55. The van der Waals surface area contributed by atoms with Gasteiger partial charge >= 0.3 is 5.97 Å². The molecule has 2 fully saturated rings. The van der Waals surface area contributed by atoms with Crippen LogP contribution in [0.3, 0.4) is 0 Å². The normalized spacial score (nSPS) is 33.1. The Labute approximate surface area is 221 Å². The van der Waals surface area contributed by atoms with Gasteiger partial charge in [0.25, 0.3) is 0 Å². The minimum absolute atomic E-state index is 0.0274. The van der Waals surface area contributed by atoms with Gasteiger partial charge in [0.1, 0.15) is 17.6 Å². The Morgan fingerprint density at radius 3 is 2.43 bits per heavy atom. The first-order chi connectivity index (χ1) is 17.2. The maximum absolute atomic E-state index is 14.6. The average Bonchev–Trinajstić information content (AvgIpc) is 3.14. The molecule has 2 amide bonds. The van der Waals surface area contributed by atoms with Gasteiger partial charge in [-0.1, -0.05) is 58.9 Å². The molecule has 0 aromatic carbocycles. The Balaban J connectivity index is 1.85. The highest BCUT2D eigenvalue weighted by molar-refractivity contribution is 5.99. The van der Waals surface area contributed by atoms with Gasteiger partial charge < -0.3 is 24.4 Å². The Morgan fingerprint density at radius 2 is 1.81 bits per heavy atom. The maximum Gasteiger partial charge on any atom is 0.312 e. The van der Waals surface area contributed by atoms with Crippen LogP contribution in [0, 0.1) is 23.2 Å². The zero-order valence-corrected chi connectivity index (χ0v) is 23.4. The summed E-state index contributed by atoms with van der Waals surface area (Å²) >= 11 is 0. The molecule has 0 aliphatic carbocycles. The van der Waals surface area contributed by atoms with Crippen LogP contribution in [0.5, 0.6) is 0 Å². The topological polar surface area (TPSA) is 96.4 Å². The number of carbonyl (C=O) groups is 3. The van der Waals surface area contributed by atoms with E-state index in [1.54, 1.807) is 4.90 Å². The lowest BCUT2D eigenvalue weighted by Gasteiger charge is -2.45. The molecule has 1 N–H and O–H groups in total. The number of nitrogens with zero attached hydrogens (tertiary/aromatic N) is 2. The third-order valence-electron chi connectivity index (χ3n) is 8.10. The molecule has 206 valence electrons. The number of cyclic esters (lactones) is 1. The van der Waals surface area contributed by atoms with Crippen molar-refractivity contribution >= 4 is 17.8 Å². The third-order valence-corrected chi connectivity index (χ3v) is 8.10. The minimum atomic E-state index is -1.31. The first-order valence-corrected chi connectivity index (χ1v) is 13.7. The van der Waals surface area contributed by atoms with E-state index in [0.29, 0.717) is 19.4 Å². The molecular formula is C29H44N2O6. The molecule has 4 rings (SSSR count). The number of fused-ring (bicyclic) bond motifs is 2. The SMILES string of the molecule is CC(C)C[C@H](CO)N1C(=O)[C@@H]2[C@H]3C(=O)OCCC=C[C@H]3O[C@@]23C=CCN(C(C)(C)CC(C)(C)C)C(=O)C13. The van der Waals surface area contributed by atoms with Gasteiger partial charge in [0.15, 0.2) is 0 Å². The van der Waals surface area contributed by atoms with Crippen LogP contribution in [0.2, 0.25) is 0 Å². The second kappa shape index (κ2) is 9.84. The highest BCUT2D eigenvalue weighted by Gasteiger charge is 2.72. The van der Waals surface area contributed by atoms with Crippen LogP contribution in [0.1, 0.15) is 67.7 Å². The summed E-state index contributed by atoms with van der Waals surface area (Å²) in [7, 11) is 0. The van der Waals surface area contributed by atoms with Gasteiger partial charge in [-0.3, -0.25) is 14.4 Å².